The van der Waals surface area contributed by atoms with Crippen LogP contribution in [0.2, 0.25) is 0 Å². The predicted molar refractivity (Wildman–Crippen MR) is 38.1 cm³/mol. The Kier molecular flexibility index (Phi) is 6.24. The van der Waals surface area contributed by atoms with Crippen LogP contribution in [0.3, 0.4) is 0 Å². The maximum absolute atomic E-state index is 4.78. The minimum atomic E-state index is 0.980. The second kappa shape index (κ2) is 7.01. The van der Waals surface area contributed by atoms with E-state index < -0.39 is 0 Å². The molecule has 0 atom stereocenters. The van der Waals surface area contributed by atoms with Crippen molar-refractivity contribution >= 4 is 6.40 Å². The van der Waals surface area contributed by atoms with Crippen molar-refractivity contribution in [1.29, 1.82) is 0 Å². The van der Waals surface area contributed by atoms with Gasteiger partial charge in [0.25, 0.3) is 0 Å². The lowest BCUT2D eigenvalue weighted by Gasteiger charge is -1.86. The largest absolute Gasteiger partial charge is 0.452 e. The third kappa shape index (κ3) is 7.01. The van der Waals surface area contributed by atoms with Gasteiger partial charge in [0.1, 0.15) is 0 Å². The molecule has 1 N–H and O–H groups in total. The Morgan fingerprint density at radius 3 is 3.00 bits per heavy atom. The first-order valence-corrected chi connectivity index (χ1v) is 2.90. The SMILES string of the molecule is CC/C=C/O/C=N\NC. The highest BCUT2D eigenvalue weighted by atomic mass is 16.5. The van der Waals surface area contributed by atoms with Gasteiger partial charge in [0.15, 0.2) is 6.40 Å². The van der Waals surface area contributed by atoms with Crippen LogP contribution in [0.1, 0.15) is 13.3 Å². The fourth-order valence-corrected chi connectivity index (χ4v) is 0.270. The summed E-state index contributed by atoms with van der Waals surface area (Å²) in [6.45, 7) is 2.04. The molecule has 0 amide bonds. The van der Waals surface area contributed by atoms with Crippen molar-refractivity contribution in [2.75, 3.05) is 7.05 Å². The molecule has 0 heterocycles. The van der Waals surface area contributed by atoms with E-state index in [1.807, 2.05) is 13.0 Å². The van der Waals surface area contributed by atoms with Crippen molar-refractivity contribution < 1.29 is 4.74 Å². The maximum atomic E-state index is 4.78. The van der Waals surface area contributed by atoms with Crippen molar-refractivity contribution in [3.8, 4) is 0 Å². The van der Waals surface area contributed by atoms with E-state index in [4.69, 9.17) is 4.74 Å². The smallest absolute Gasteiger partial charge is 0.198 e. The molecule has 0 radical (unpaired) electrons. The van der Waals surface area contributed by atoms with Gasteiger partial charge in [-0.2, -0.15) is 0 Å². The summed E-state index contributed by atoms with van der Waals surface area (Å²) >= 11 is 0. The van der Waals surface area contributed by atoms with Gasteiger partial charge in [-0.15, -0.1) is 5.10 Å². The summed E-state index contributed by atoms with van der Waals surface area (Å²) in [5, 5.41) is 3.60. The number of hydrogen-bond donors (Lipinski definition) is 1. The van der Waals surface area contributed by atoms with Crippen molar-refractivity contribution in [1.82, 2.24) is 5.43 Å². The zero-order valence-electron chi connectivity index (χ0n) is 5.79. The Morgan fingerprint density at radius 1 is 1.67 bits per heavy atom. The fraction of sp³-hybridized carbons (Fsp3) is 0.500. The molecular weight excluding hydrogens is 116 g/mol. The molecule has 0 aromatic rings. The van der Waals surface area contributed by atoms with E-state index in [2.05, 4.69) is 10.5 Å². The highest BCUT2D eigenvalue weighted by Crippen LogP contribution is 1.78. The van der Waals surface area contributed by atoms with Crippen LogP contribution in [0.15, 0.2) is 17.4 Å². The first kappa shape index (κ1) is 8.01. The Bertz CT molecular complexity index is 87.2. The number of rotatable bonds is 4. The van der Waals surface area contributed by atoms with E-state index in [0.717, 1.165) is 6.42 Å². The second-order valence-electron chi connectivity index (χ2n) is 1.37. The number of nitrogens with zero attached hydrogens (tertiary/aromatic N) is 1. The summed E-state index contributed by atoms with van der Waals surface area (Å²) in [7, 11) is 1.71. The first-order chi connectivity index (χ1) is 4.41. The molecule has 52 valence electrons. The van der Waals surface area contributed by atoms with E-state index in [1.54, 1.807) is 13.3 Å². The average molecular weight is 128 g/mol. The second-order valence-corrected chi connectivity index (χ2v) is 1.37. The zero-order chi connectivity index (χ0) is 6.95. The van der Waals surface area contributed by atoms with Crippen LogP contribution in [-0.4, -0.2) is 13.4 Å². The maximum Gasteiger partial charge on any atom is 0.198 e. The van der Waals surface area contributed by atoms with Crippen LogP contribution < -0.4 is 5.43 Å². The molecule has 3 heteroatoms. The van der Waals surface area contributed by atoms with Crippen LogP contribution in [0.4, 0.5) is 0 Å². The summed E-state index contributed by atoms with van der Waals surface area (Å²) in [5.41, 5.74) is 2.56. The number of ether oxygens (including phenoxy) is 1. The van der Waals surface area contributed by atoms with E-state index in [1.165, 1.54) is 6.40 Å². The molecule has 0 saturated heterocycles. The molecule has 0 aliphatic heterocycles. The standard InChI is InChI=1S/C6H12N2O/c1-3-4-5-9-6-8-7-2/h4-7H,3H2,1-2H3/b5-4+,8-6-. The first-order valence-electron chi connectivity index (χ1n) is 2.90. The topological polar surface area (TPSA) is 33.6 Å². The van der Waals surface area contributed by atoms with Gasteiger partial charge in [-0.1, -0.05) is 6.92 Å². The van der Waals surface area contributed by atoms with Crippen LogP contribution in [0.25, 0.3) is 0 Å². The van der Waals surface area contributed by atoms with Crippen molar-refractivity contribution in [2.24, 2.45) is 5.10 Å². The molecule has 3 nitrogen and oxygen atoms in total. The van der Waals surface area contributed by atoms with E-state index in [0.29, 0.717) is 0 Å². The normalized spacial score (nSPS) is 10.9. The molecule has 0 fully saturated rings. The summed E-state index contributed by atoms with van der Waals surface area (Å²) < 4.78 is 4.78. The van der Waals surface area contributed by atoms with Crippen molar-refractivity contribution in [3.05, 3.63) is 12.3 Å². The highest BCUT2D eigenvalue weighted by molar-refractivity contribution is 5.46. The van der Waals surface area contributed by atoms with E-state index in [9.17, 15) is 0 Å². The minimum absolute atomic E-state index is 0.980. The van der Waals surface area contributed by atoms with E-state index >= 15 is 0 Å². The van der Waals surface area contributed by atoms with Crippen molar-refractivity contribution in [2.45, 2.75) is 13.3 Å². The van der Waals surface area contributed by atoms with Gasteiger partial charge in [0.05, 0.1) is 6.26 Å². The molecule has 0 aliphatic carbocycles. The third-order valence-corrected chi connectivity index (χ3v) is 0.653. The van der Waals surface area contributed by atoms with Gasteiger partial charge < -0.3 is 10.2 Å². The number of hydrogen-bond acceptors (Lipinski definition) is 3. The lowest BCUT2D eigenvalue weighted by Crippen LogP contribution is -1.93. The summed E-state index contributed by atoms with van der Waals surface area (Å²) in [6, 6.07) is 0. The van der Waals surface area contributed by atoms with Crippen LogP contribution in [0.5, 0.6) is 0 Å². The zero-order valence-corrected chi connectivity index (χ0v) is 5.79. The molecular formula is C6H12N2O. The van der Waals surface area contributed by atoms with Crippen LogP contribution in [0, 0.1) is 0 Å². The van der Waals surface area contributed by atoms with Gasteiger partial charge in [-0.3, -0.25) is 0 Å². The summed E-state index contributed by atoms with van der Waals surface area (Å²) in [6.07, 6.45) is 5.82. The number of hydrazone groups is 1. The van der Waals surface area contributed by atoms with E-state index in [-0.39, 0.29) is 0 Å². The molecule has 0 saturated carbocycles. The van der Waals surface area contributed by atoms with Gasteiger partial charge in [-0.05, 0) is 12.5 Å². The Hall–Kier alpha value is -0.990. The molecule has 9 heavy (non-hydrogen) atoms. The average Bonchev–Trinajstić information content (AvgIpc) is 1.89. The number of allylic oxidation sites excluding steroid dienone is 1. The van der Waals surface area contributed by atoms with Gasteiger partial charge in [0, 0.05) is 7.05 Å². The van der Waals surface area contributed by atoms with Crippen LogP contribution >= 0.6 is 0 Å². The molecule has 0 aromatic heterocycles. The van der Waals surface area contributed by atoms with Gasteiger partial charge >= 0.3 is 0 Å². The molecule has 0 aromatic carbocycles. The molecule has 0 rings (SSSR count). The summed E-state index contributed by atoms with van der Waals surface area (Å²) in [4.78, 5) is 0. The number of nitrogens with one attached hydrogen (secondary N) is 1. The third-order valence-electron chi connectivity index (χ3n) is 0.653. The molecule has 0 bridgehead atoms. The monoisotopic (exact) mass is 128 g/mol. The Labute approximate surface area is 55.4 Å². The minimum Gasteiger partial charge on any atom is -0.452 e. The van der Waals surface area contributed by atoms with Gasteiger partial charge in [-0.25, -0.2) is 0 Å². The predicted octanol–water partition coefficient (Wildman–Crippen LogP) is 1.09. The lowest BCUT2D eigenvalue weighted by molar-refractivity contribution is 0.486. The molecule has 0 aliphatic rings. The fourth-order valence-electron chi connectivity index (χ4n) is 0.270. The van der Waals surface area contributed by atoms with Crippen LogP contribution in [-0.2, 0) is 4.74 Å². The Balaban J connectivity index is 3.08. The lowest BCUT2D eigenvalue weighted by atomic mass is 10.5. The van der Waals surface area contributed by atoms with Gasteiger partial charge in [0.2, 0.25) is 0 Å². The Morgan fingerprint density at radius 2 is 2.44 bits per heavy atom. The molecule has 0 unspecified atom stereocenters. The quantitative estimate of drug-likeness (QED) is 0.266. The highest BCUT2D eigenvalue weighted by Gasteiger charge is 1.65. The molecule has 0 spiro atoms. The van der Waals surface area contributed by atoms with Crippen molar-refractivity contribution in [3.63, 3.8) is 0 Å². The summed E-state index contributed by atoms with van der Waals surface area (Å²) in [5.74, 6) is 0.